The van der Waals surface area contributed by atoms with E-state index in [1.807, 2.05) is 4.90 Å². The van der Waals surface area contributed by atoms with Gasteiger partial charge in [0.25, 0.3) is 0 Å². The summed E-state index contributed by atoms with van der Waals surface area (Å²) >= 11 is 0. The zero-order valence-corrected chi connectivity index (χ0v) is 12.6. The van der Waals surface area contributed by atoms with Crippen molar-refractivity contribution in [3.63, 3.8) is 0 Å². The van der Waals surface area contributed by atoms with E-state index < -0.39 is 0 Å². The standard InChI is InChI=1S/C15H28N2O2/c1-12(18)16-7-4-13(5-8-16)17-9-6-14(19)10-15(2,3)11-17/h13-14,19H,4-11H2,1-3H3. The first-order chi connectivity index (χ1) is 8.87. The Labute approximate surface area is 116 Å². The minimum Gasteiger partial charge on any atom is -0.393 e. The van der Waals surface area contributed by atoms with Crippen LogP contribution in [0.25, 0.3) is 0 Å². The van der Waals surface area contributed by atoms with Crippen molar-refractivity contribution in [2.45, 2.75) is 58.6 Å². The van der Waals surface area contributed by atoms with Crippen LogP contribution in [0.1, 0.15) is 46.5 Å². The number of hydrogen-bond acceptors (Lipinski definition) is 3. The molecule has 1 unspecified atom stereocenters. The number of likely N-dealkylation sites (tertiary alicyclic amines) is 2. The largest absolute Gasteiger partial charge is 0.393 e. The molecule has 2 aliphatic rings. The number of aliphatic hydroxyl groups is 1. The first kappa shape index (κ1) is 14.8. The van der Waals surface area contributed by atoms with Gasteiger partial charge in [-0.3, -0.25) is 9.69 Å². The average Bonchev–Trinajstić information content (AvgIpc) is 2.47. The predicted molar refractivity (Wildman–Crippen MR) is 75.9 cm³/mol. The van der Waals surface area contributed by atoms with Crippen molar-refractivity contribution in [3.05, 3.63) is 0 Å². The van der Waals surface area contributed by atoms with E-state index in [-0.39, 0.29) is 17.4 Å². The molecular weight excluding hydrogens is 240 g/mol. The van der Waals surface area contributed by atoms with Gasteiger partial charge in [-0.15, -0.1) is 0 Å². The minimum atomic E-state index is -0.155. The molecule has 0 aromatic carbocycles. The fourth-order valence-corrected chi connectivity index (χ4v) is 3.61. The highest BCUT2D eigenvalue weighted by Gasteiger charge is 2.33. The first-order valence-corrected chi connectivity index (χ1v) is 7.55. The van der Waals surface area contributed by atoms with Crippen molar-refractivity contribution >= 4 is 5.91 Å². The van der Waals surface area contributed by atoms with Gasteiger partial charge in [0.1, 0.15) is 0 Å². The summed E-state index contributed by atoms with van der Waals surface area (Å²) in [6.45, 7) is 9.99. The lowest BCUT2D eigenvalue weighted by molar-refractivity contribution is -0.130. The second kappa shape index (κ2) is 5.80. The van der Waals surface area contributed by atoms with Crippen LogP contribution < -0.4 is 0 Å². The summed E-state index contributed by atoms with van der Waals surface area (Å²) in [5, 5.41) is 9.98. The lowest BCUT2D eigenvalue weighted by Crippen LogP contribution is -2.48. The van der Waals surface area contributed by atoms with Crippen LogP contribution in [0.4, 0.5) is 0 Å². The molecule has 110 valence electrons. The van der Waals surface area contributed by atoms with Gasteiger partial charge in [-0.1, -0.05) is 13.8 Å². The van der Waals surface area contributed by atoms with Gasteiger partial charge in [-0.25, -0.2) is 0 Å². The average molecular weight is 268 g/mol. The van der Waals surface area contributed by atoms with Crippen molar-refractivity contribution in [1.29, 1.82) is 0 Å². The Morgan fingerprint density at radius 1 is 1.16 bits per heavy atom. The number of amides is 1. The second-order valence-electron chi connectivity index (χ2n) is 7.02. The minimum absolute atomic E-state index is 0.155. The van der Waals surface area contributed by atoms with E-state index in [4.69, 9.17) is 0 Å². The highest BCUT2D eigenvalue weighted by Crippen LogP contribution is 2.31. The van der Waals surface area contributed by atoms with E-state index in [0.29, 0.717) is 6.04 Å². The molecule has 2 fully saturated rings. The van der Waals surface area contributed by atoms with Gasteiger partial charge in [-0.2, -0.15) is 0 Å². The molecular formula is C15H28N2O2. The van der Waals surface area contributed by atoms with Crippen LogP contribution in [-0.4, -0.2) is 59.1 Å². The number of rotatable bonds is 1. The summed E-state index contributed by atoms with van der Waals surface area (Å²) in [6, 6.07) is 0.583. The van der Waals surface area contributed by atoms with Crippen molar-refractivity contribution in [1.82, 2.24) is 9.80 Å². The van der Waals surface area contributed by atoms with E-state index in [1.165, 1.54) is 0 Å². The zero-order valence-electron chi connectivity index (χ0n) is 12.6. The van der Waals surface area contributed by atoms with Crippen LogP contribution in [0.2, 0.25) is 0 Å². The molecule has 2 saturated heterocycles. The van der Waals surface area contributed by atoms with Gasteiger partial charge in [0.15, 0.2) is 0 Å². The number of piperidine rings is 1. The number of carbonyl (C=O) groups is 1. The van der Waals surface area contributed by atoms with Gasteiger partial charge < -0.3 is 10.0 Å². The Kier molecular flexibility index (Phi) is 4.51. The molecule has 19 heavy (non-hydrogen) atoms. The molecule has 1 N–H and O–H groups in total. The fraction of sp³-hybridized carbons (Fsp3) is 0.933. The SMILES string of the molecule is CC(=O)N1CCC(N2CCC(O)CC(C)(C)C2)CC1. The predicted octanol–water partition coefficient (Wildman–Crippen LogP) is 1.48. The normalized spacial score (nSPS) is 30.1. The van der Waals surface area contributed by atoms with Crippen LogP contribution >= 0.6 is 0 Å². The molecule has 1 amide bonds. The number of carbonyl (C=O) groups excluding carboxylic acids is 1. The second-order valence-corrected chi connectivity index (χ2v) is 7.02. The summed E-state index contributed by atoms with van der Waals surface area (Å²) in [5.41, 5.74) is 0.188. The van der Waals surface area contributed by atoms with Crippen molar-refractivity contribution in [2.75, 3.05) is 26.2 Å². The number of aliphatic hydroxyl groups excluding tert-OH is 1. The Morgan fingerprint density at radius 2 is 1.79 bits per heavy atom. The van der Waals surface area contributed by atoms with Gasteiger partial charge >= 0.3 is 0 Å². The van der Waals surface area contributed by atoms with Gasteiger partial charge in [0, 0.05) is 39.1 Å². The van der Waals surface area contributed by atoms with E-state index in [0.717, 1.165) is 51.9 Å². The topological polar surface area (TPSA) is 43.8 Å². The maximum absolute atomic E-state index is 11.4. The van der Waals surface area contributed by atoms with Crippen LogP contribution in [0, 0.1) is 5.41 Å². The zero-order chi connectivity index (χ0) is 14.0. The van der Waals surface area contributed by atoms with E-state index >= 15 is 0 Å². The molecule has 2 rings (SSSR count). The lowest BCUT2D eigenvalue weighted by Gasteiger charge is -2.40. The summed E-state index contributed by atoms with van der Waals surface area (Å²) in [6.07, 6.45) is 3.78. The van der Waals surface area contributed by atoms with Gasteiger partial charge in [-0.05, 0) is 31.1 Å². The quantitative estimate of drug-likeness (QED) is 0.783. The molecule has 0 radical (unpaired) electrons. The number of hydrogen-bond donors (Lipinski definition) is 1. The molecule has 1 atom stereocenters. The fourth-order valence-electron chi connectivity index (χ4n) is 3.61. The number of nitrogens with zero attached hydrogens (tertiary/aromatic N) is 2. The highest BCUT2D eigenvalue weighted by atomic mass is 16.3. The summed E-state index contributed by atoms with van der Waals surface area (Å²) < 4.78 is 0. The van der Waals surface area contributed by atoms with Crippen LogP contribution in [0.5, 0.6) is 0 Å². The Balaban J connectivity index is 1.93. The molecule has 0 saturated carbocycles. The third kappa shape index (κ3) is 3.93. The van der Waals surface area contributed by atoms with Gasteiger partial charge in [0.2, 0.25) is 5.91 Å². The maximum Gasteiger partial charge on any atom is 0.219 e. The Morgan fingerprint density at radius 3 is 2.37 bits per heavy atom. The Hall–Kier alpha value is -0.610. The maximum atomic E-state index is 11.4. The van der Waals surface area contributed by atoms with Crippen molar-refractivity contribution in [2.24, 2.45) is 5.41 Å². The molecule has 0 aliphatic carbocycles. The first-order valence-electron chi connectivity index (χ1n) is 7.55. The van der Waals surface area contributed by atoms with Gasteiger partial charge in [0.05, 0.1) is 6.10 Å². The molecule has 2 aliphatic heterocycles. The van der Waals surface area contributed by atoms with Crippen LogP contribution in [0.3, 0.4) is 0 Å². The molecule has 0 aromatic rings. The third-order valence-electron chi connectivity index (χ3n) is 4.60. The van der Waals surface area contributed by atoms with Crippen molar-refractivity contribution in [3.8, 4) is 0 Å². The third-order valence-corrected chi connectivity index (χ3v) is 4.60. The van der Waals surface area contributed by atoms with E-state index in [2.05, 4.69) is 18.7 Å². The summed E-state index contributed by atoms with van der Waals surface area (Å²) in [4.78, 5) is 15.9. The van der Waals surface area contributed by atoms with Crippen molar-refractivity contribution < 1.29 is 9.90 Å². The summed E-state index contributed by atoms with van der Waals surface area (Å²) in [5.74, 6) is 0.199. The molecule has 0 aromatic heterocycles. The molecule has 0 spiro atoms. The molecule has 2 heterocycles. The monoisotopic (exact) mass is 268 g/mol. The van der Waals surface area contributed by atoms with Crippen LogP contribution in [-0.2, 0) is 4.79 Å². The smallest absolute Gasteiger partial charge is 0.219 e. The Bertz CT molecular complexity index is 322. The molecule has 0 bridgehead atoms. The van der Waals surface area contributed by atoms with E-state index in [9.17, 15) is 9.90 Å². The lowest BCUT2D eigenvalue weighted by atomic mass is 9.86. The van der Waals surface area contributed by atoms with E-state index in [1.54, 1.807) is 6.92 Å². The highest BCUT2D eigenvalue weighted by molar-refractivity contribution is 5.73. The molecule has 4 heteroatoms. The summed E-state index contributed by atoms with van der Waals surface area (Å²) in [7, 11) is 0. The molecule has 4 nitrogen and oxygen atoms in total. The van der Waals surface area contributed by atoms with Crippen LogP contribution in [0.15, 0.2) is 0 Å².